The number of unbranched alkanes of at least 4 members (excludes halogenated alkanes) is 5. The van der Waals surface area contributed by atoms with Crippen LogP contribution in [0.1, 0.15) is 51.9 Å². The maximum atomic E-state index is 3.72. The lowest BCUT2D eigenvalue weighted by Gasteiger charge is -2.02. The Hall–Kier alpha value is 0.470. The van der Waals surface area contributed by atoms with E-state index in [1.807, 2.05) is 6.08 Å². The van der Waals surface area contributed by atoms with Crippen LogP contribution in [0.4, 0.5) is 0 Å². The van der Waals surface area contributed by atoms with E-state index in [1.165, 1.54) is 44.9 Å². The summed E-state index contributed by atoms with van der Waals surface area (Å²) in [6.07, 6.45) is 11.6. The molecule has 0 heterocycles. The van der Waals surface area contributed by atoms with E-state index in [4.69, 9.17) is 0 Å². The van der Waals surface area contributed by atoms with Crippen molar-refractivity contribution in [2.75, 3.05) is 0 Å². The molecule has 0 aliphatic rings. The molecule has 0 aromatic rings. The molecular formula is C11H21I. The van der Waals surface area contributed by atoms with Crippen LogP contribution in [0, 0.1) is 0 Å². The van der Waals surface area contributed by atoms with E-state index >= 15 is 0 Å². The molecule has 0 radical (unpaired) electrons. The zero-order valence-electron chi connectivity index (χ0n) is 8.19. The predicted molar refractivity (Wildman–Crippen MR) is 66.0 cm³/mol. The molecule has 0 N–H and O–H groups in total. The van der Waals surface area contributed by atoms with Gasteiger partial charge in [-0.2, -0.15) is 0 Å². The summed E-state index contributed by atoms with van der Waals surface area (Å²) in [7, 11) is 0. The number of rotatable bonds is 8. The first-order valence-corrected chi connectivity index (χ1v) is 6.27. The van der Waals surface area contributed by atoms with Gasteiger partial charge in [0.15, 0.2) is 0 Å². The lowest BCUT2D eigenvalue weighted by atomic mass is 10.1. The van der Waals surface area contributed by atoms with Crippen LogP contribution in [0.15, 0.2) is 12.7 Å². The monoisotopic (exact) mass is 280 g/mol. The summed E-state index contributed by atoms with van der Waals surface area (Å²) in [5.41, 5.74) is 0. The summed E-state index contributed by atoms with van der Waals surface area (Å²) in [6.45, 7) is 6.01. The average Bonchev–Trinajstić information content (AvgIpc) is 2.02. The Morgan fingerprint density at radius 1 is 1.17 bits per heavy atom. The minimum atomic E-state index is 0.857. The van der Waals surface area contributed by atoms with Crippen LogP contribution in [0.25, 0.3) is 0 Å². The van der Waals surface area contributed by atoms with Gasteiger partial charge in [0, 0.05) is 3.92 Å². The van der Waals surface area contributed by atoms with Crippen LogP contribution in [-0.4, -0.2) is 3.92 Å². The van der Waals surface area contributed by atoms with Gasteiger partial charge in [0.05, 0.1) is 0 Å². The fraction of sp³-hybridized carbons (Fsp3) is 0.818. The van der Waals surface area contributed by atoms with Gasteiger partial charge in [0.25, 0.3) is 0 Å². The van der Waals surface area contributed by atoms with Gasteiger partial charge in [-0.25, -0.2) is 0 Å². The molecular weight excluding hydrogens is 259 g/mol. The van der Waals surface area contributed by atoms with Crippen LogP contribution in [0.5, 0.6) is 0 Å². The zero-order valence-corrected chi connectivity index (χ0v) is 10.3. The van der Waals surface area contributed by atoms with Gasteiger partial charge in [0.2, 0.25) is 0 Å². The van der Waals surface area contributed by atoms with Gasteiger partial charge >= 0.3 is 0 Å². The Labute approximate surface area is 91.0 Å². The Morgan fingerprint density at radius 3 is 2.33 bits per heavy atom. The van der Waals surface area contributed by atoms with E-state index in [9.17, 15) is 0 Å². The maximum absolute atomic E-state index is 3.72. The summed E-state index contributed by atoms with van der Waals surface area (Å²) in [6, 6.07) is 0. The van der Waals surface area contributed by atoms with E-state index in [0.717, 1.165) is 3.92 Å². The molecule has 0 aliphatic carbocycles. The SMILES string of the molecule is C=CCCCCCCCC(C)I. The molecule has 0 rings (SSSR count). The zero-order chi connectivity index (χ0) is 9.23. The second-order valence-corrected chi connectivity index (χ2v) is 5.54. The summed E-state index contributed by atoms with van der Waals surface area (Å²) in [5, 5.41) is 0. The Balaban J connectivity index is 2.86. The summed E-state index contributed by atoms with van der Waals surface area (Å²) >= 11 is 2.50. The van der Waals surface area contributed by atoms with Gasteiger partial charge < -0.3 is 0 Å². The van der Waals surface area contributed by atoms with E-state index < -0.39 is 0 Å². The molecule has 1 atom stereocenters. The molecule has 1 heteroatoms. The molecule has 0 aromatic carbocycles. The van der Waals surface area contributed by atoms with Crippen molar-refractivity contribution < 1.29 is 0 Å². The van der Waals surface area contributed by atoms with Crippen molar-refractivity contribution in [3.8, 4) is 0 Å². The van der Waals surface area contributed by atoms with Crippen LogP contribution < -0.4 is 0 Å². The van der Waals surface area contributed by atoms with Crippen LogP contribution in [0.3, 0.4) is 0 Å². The Morgan fingerprint density at radius 2 is 1.75 bits per heavy atom. The smallest absolute Gasteiger partial charge is 0.00813 e. The second-order valence-electron chi connectivity index (χ2n) is 3.41. The van der Waals surface area contributed by atoms with E-state index in [1.54, 1.807) is 0 Å². The molecule has 0 saturated carbocycles. The predicted octanol–water partition coefficient (Wildman–Crippen LogP) is 4.73. The third-order valence-electron chi connectivity index (χ3n) is 2.01. The number of halogens is 1. The van der Waals surface area contributed by atoms with Gasteiger partial charge in [-0.15, -0.1) is 6.58 Å². The van der Waals surface area contributed by atoms with E-state index in [2.05, 4.69) is 36.1 Å². The topological polar surface area (TPSA) is 0 Å². The maximum Gasteiger partial charge on any atom is 0.00813 e. The fourth-order valence-corrected chi connectivity index (χ4v) is 1.69. The lowest BCUT2D eigenvalue weighted by Crippen LogP contribution is -1.88. The van der Waals surface area contributed by atoms with E-state index in [0.29, 0.717) is 0 Å². The van der Waals surface area contributed by atoms with Gasteiger partial charge in [-0.3, -0.25) is 0 Å². The van der Waals surface area contributed by atoms with E-state index in [-0.39, 0.29) is 0 Å². The Bertz CT molecular complexity index is 97.2. The quantitative estimate of drug-likeness (QED) is 0.261. The van der Waals surface area contributed by atoms with Crippen LogP contribution in [0.2, 0.25) is 0 Å². The summed E-state index contributed by atoms with van der Waals surface area (Å²) in [5.74, 6) is 0. The van der Waals surface area contributed by atoms with Crippen molar-refractivity contribution in [3.63, 3.8) is 0 Å². The molecule has 0 bridgehead atoms. The van der Waals surface area contributed by atoms with Crippen molar-refractivity contribution >= 4 is 22.6 Å². The number of allylic oxidation sites excluding steroid dienone is 1. The molecule has 0 aliphatic heterocycles. The summed E-state index contributed by atoms with van der Waals surface area (Å²) < 4.78 is 0.857. The molecule has 0 nitrogen and oxygen atoms in total. The fourth-order valence-electron chi connectivity index (χ4n) is 1.24. The first kappa shape index (κ1) is 12.5. The standard InChI is InChI=1S/C11H21I/c1-3-4-5-6-7-8-9-10-11(2)12/h3,11H,1,4-10H2,2H3. The van der Waals surface area contributed by atoms with Crippen molar-refractivity contribution in [2.45, 2.75) is 55.8 Å². The highest BCUT2D eigenvalue weighted by molar-refractivity contribution is 14.1. The second kappa shape index (κ2) is 9.56. The van der Waals surface area contributed by atoms with Gasteiger partial charge in [0.1, 0.15) is 0 Å². The highest BCUT2D eigenvalue weighted by atomic mass is 127. The third kappa shape index (κ3) is 10.5. The highest BCUT2D eigenvalue weighted by Gasteiger charge is 1.94. The number of hydrogen-bond donors (Lipinski definition) is 0. The molecule has 0 aromatic heterocycles. The lowest BCUT2D eigenvalue weighted by molar-refractivity contribution is 0.600. The van der Waals surface area contributed by atoms with Gasteiger partial charge in [-0.05, 0) is 19.3 Å². The first-order chi connectivity index (χ1) is 5.77. The molecule has 12 heavy (non-hydrogen) atoms. The largest absolute Gasteiger partial charge is 0.103 e. The molecule has 1 unspecified atom stereocenters. The molecule has 0 spiro atoms. The molecule has 0 saturated heterocycles. The van der Waals surface area contributed by atoms with Crippen molar-refractivity contribution in [1.29, 1.82) is 0 Å². The summed E-state index contributed by atoms with van der Waals surface area (Å²) in [4.78, 5) is 0. The van der Waals surface area contributed by atoms with Crippen LogP contribution in [-0.2, 0) is 0 Å². The van der Waals surface area contributed by atoms with Crippen molar-refractivity contribution in [1.82, 2.24) is 0 Å². The normalized spacial score (nSPS) is 12.8. The molecule has 72 valence electrons. The minimum absolute atomic E-state index is 0.857. The highest BCUT2D eigenvalue weighted by Crippen LogP contribution is 2.12. The van der Waals surface area contributed by atoms with Crippen molar-refractivity contribution in [3.05, 3.63) is 12.7 Å². The minimum Gasteiger partial charge on any atom is -0.103 e. The third-order valence-corrected chi connectivity index (χ3v) is 2.63. The van der Waals surface area contributed by atoms with Gasteiger partial charge in [-0.1, -0.05) is 61.3 Å². The molecule has 0 fully saturated rings. The average molecular weight is 280 g/mol. The first-order valence-electron chi connectivity index (χ1n) is 5.02. The number of alkyl halides is 1. The number of hydrogen-bond acceptors (Lipinski definition) is 0. The molecule has 0 amide bonds. The van der Waals surface area contributed by atoms with Crippen molar-refractivity contribution in [2.24, 2.45) is 0 Å². The van der Waals surface area contributed by atoms with Crippen LogP contribution >= 0.6 is 22.6 Å². The Kier molecular flexibility index (Phi) is 9.93.